The number of ether oxygens (including phenoxy) is 2. The maximum atomic E-state index is 12.9. The van der Waals surface area contributed by atoms with Gasteiger partial charge in [0, 0.05) is 12.6 Å². The first-order valence-electron chi connectivity index (χ1n) is 11.0. The molecule has 0 aromatic heterocycles. The molecule has 8 nitrogen and oxygen atoms in total. The summed E-state index contributed by atoms with van der Waals surface area (Å²) in [7, 11) is -2.08. The van der Waals surface area contributed by atoms with Crippen molar-refractivity contribution in [3.63, 3.8) is 0 Å². The van der Waals surface area contributed by atoms with Gasteiger partial charge in [0.25, 0.3) is 0 Å². The Kier molecular flexibility index (Phi) is 9.14. The van der Waals surface area contributed by atoms with E-state index in [1.807, 2.05) is 0 Å². The average Bonchev–Trinajstić information content (AvgIpc) is 2.93. The lowest BCUT2D eigenvalue weighted by Crippen LogP contribution is -2.45. The van der Waals surface area contributed by atoms with Crippen LogP contribution >= 0.6 is 0 Å². The van der Waals surface area contributed by atoms with Crippen molar-refractivity contribution in [2.24, 2.45) is 5.92 Å². The maximum Gasteiger partial charge on any atom is 0.410 e. The second-order valence-electron chi connectivity index (χ2n) is 10.8. The zero-order valence-corrected chi connectivity index (χ0v) is 21.6. The first kappa shape index (κ1) is 27.4. The lowest BCUT2D eigenvalue weighted by Gasteiger charge is -2.38. The number of amides is 1. The van der Waals surface area contributed by atoms with Crippen LogP contribution in [0.3, 0.4) is 0 Å². The van der Waals surface area contributed by atoms with Gasteiger partial charge in [0.1, 0.15) is 5.60 Å². The summed E-state index contributed by atoms with van der Waals surface area (Å²) in [5.41, 5.74) is -0.665. The van der Waals surface area contributed by atoms with Gasteiger partial charge < -0.3 is 23.9 Å². The van der Waals surface area contributed by atoms with Crippen molar-refractivity contribution >= 4 is 26.3 Å². The monoisotopic (exact) mass is 459 g/mol. The highest BCUT2D eigenvalue weighted by atomic mass is 28.4. The normalized spacial score (nSPS) is 21.0. The molecule has 9 heteroatoms. The molecule has 3 atom stereocenters. The summed E-state index contributed by atoms with van der Waals surface area (Å²) < 4.78 is 17.2. The van der Waals surface area contributed by atoms with E-state index in [0.29, 0.717) is 13.0 Å². The first-order valence-corrected chi connectivity index (χ1v) is 13.9. The van der Waals surface area contributed by atoms with Crippen molar-refractivity contribution in [1.82, 2.24) is 4.90 Å². The Labute approximate surface area is 187 Å². The van der Waals surface area contributed by atoms with Crippen molar-refractivity contribution in [2.75, 3.05) is 13.2 Å². The molecule has 0 aromatic rings. The zero-order chi connectivity index (χ0) is 24.2. The Bertz CT molecular complexity index is 651. The van der Waals surface area contributed by atoms with Crippen LogP contribution in [0.15, 0.2) is 0 Å². The molecule has 0 spiro atoms. The lowest BCUT2D eigenvalue weighted by molar-refractivity contribution is -0.153. The summed E-state index contributed by atoms with van der Waals surface area (Å²) in [5, 5.41) is 9.28. The fraction of sp³-hybridized carbons (Fsp3) is 0.864. The number of carboxylic acids is 1. The lowest BCUT2D eigenvalue weighted by atomic mass is 9.95. The molecule has 0 aromatic carbocycles. The largest absolute Gasteiger partial charge is 0.481 e. The van der Waals surface area contributed by atoms with Crippen molar-refractivity contribution in [1.29, 1.82) is 0 Å². The number of rotatable bonds is 8. The molecular weight excluding hydrogens is 418 g/mol. The smallest absolute Gasteiger partial charge is 0.410 e. The highest BCUT2D eigenvalue weighted by Crippen LogP contribution is 2.39. The van der Waals surface area contributed by atoms with Crippen LogP contribution < -0.4 is 0 Å². The number of aliphatic carboxylic acids is 1. The fourth-order valence-corrected chi connectivity index (χ4v) is 4.74. The third-order valence-electron chi connectivity index (χ3n) is 5.87. The fourth-order valence-electron chi connectivity index (χ4n) is 3.38. The molecule has 1 fully saturated rings. The van der Waals surface area contributed by atoms with E-state index in [4.69, 9.17) is 13.9 Å². The number of carboxylic acid groups (broad SMARTS) is 1. The molecule has 0 aliphatic carbocycles. The van der Waals surface area contributed by atoms with Gasteiger partial charge in [0.2, 0.25) is 0 Å². The molecule has 1 rings (SSSR count). The Balaban J connectivity index is 3.10. The van der Waals surface area contributed by atoms with Gasteiger partial charge >= 0.3 is 18.0 Å². The SMILES string of the molecule is CCOC(=O)C(CC(=O)O)CC1CC(O[Si](C)(C)C(C)(C)C)CN1C(=O)OC(C)(C)C. The molecule has 180 valence electrons. The predicted octanol–water partition coefficient (Wildman–Crippen LogP) is 4.43. The Morgan fingerprint density at radius 2 is 1.71 bits per heavy atom. The maximum absolute atomic E-state index is 12.9. The molecule has 0 bridgehead atoms. The number of hydrogen-bond acceptors (Lipinski definition) is 6. The minimum Gasteiger partial charge on any atom is -0.481 e. The molecule has 1 aliphatic rings. The molecular formula is C22H41NO7Si. The van der Waals surface area contributed by atoms with Gasteiger partial charge in [-0.2, -0.15) is 0 Å². The number of nitrogens with zero attached hydrogens (tertiary/aromatic N) is 1. The van der Waals surface area contributed by atoms with E-state index in [1.54, 1.807) is 32.6 Å². The summed E-state index contributed by atoms with van der Waals surface area (Å²) in [6.45, 7) is 18.4. The van der Waals surface area contributed by atoms with Crippen LogP contribution in [0.1, 0.15) is 67.7 Å². The first-order chi connectivity index (χ1) is 14.0. The average molecular weight is 460 g/mol. The van der Waals surface area contributed by atoms with Crippen LogP contribution in [0.25, 0.3) is 0 Å². The van der Waals surface area contributed by atoms with Crippen LogP contribution in [0.4, 0.5) is 4.79 Å². The number of hydrogen-bond donors (Lipinski definition) is 1. The topological polar surface area (TPSA) is 102 Å². The van der Waals surface area contributed by atoms with E-state index in [0.717, 1.165) is 0 Å². The standard InChI is InChI=1S/C22H41NO7Si/c1-10-28-19(26)15(12-18(24)25)11-16-13-17(30-31(8,9)22(5,6)7)14-23(16)20(27)29-21(2,3)4/h15-17H,10-14H2,1-9H3,(H,24,25). The molecule has 1 amide bonds. The summed E-state index contributed by atoms with van der Waals surface area (Å²) in [6, 6.07) is -0.363. The van der Waals surface area contributed by atoms with Crippen LogP contribution in [0.5, 0.6) is 0 Å². The molecule has 0 saturated carbocycles. The van der Waals surface area contributed by atoms with Gasteiger partial charge in [-0.3, -0.25) is 9.59 Å². The summed E-state index contributed by atoms with van der Waals surface area (Å²) in [5.74, 6) is -2.46. The van der Waals surface area contributed by atoms with Gasteiger partial charge in [-0.25, -0.2) is 4.79 Å². The van der Waals surface area contributed by atoms with Crippen LogP contribution in [-0.4, -0.2) is 67.3 Å². The zero-order valence-electron chi connectivity index (χ0n) is 20.6. The van der Waals surface area contributed by atoms with Crippen LogP contribution in [0, 0.1) is 5.92 Å². The summed E-state index contributed by atoms with van der Waals surface area (Å²) >= 11 is 0. The second kappa shape index (κ2) is 10.3. The van der Waals surface area contributed by atoms with E-state index in [-0.39, 0.29) is 36.6 Å². The summed E-state index contributed by atoms with van der Waals surface area (Å²) in [4.78, 5) is 38.2. The van der Waals surface area contributed by atoms with Crippen molar-refractivity contribution in [2.45, 2.75) is 104 Å². The van der Waals surface area contributed by atoms with E-state index < -0.39 is 37.9 Å². The molecule has 1 N–H and O–H groups in total. The minimum absolute atomic E-state index is 0.0125. The van der Waals surface area contributed by atoms with Gasteiger partial charge in [-0.05, 0) is 58.7 Å². The summed E-state index contributed by atoms with van der Waals surface area (Å²) in [6.07, 6.45) is -0.281. The molecule has 0 radical (unpaired) electrons. The van der Waals surface area contributed by atoms with Crippen molar-refractivity contribution in [3.8, 4) is 0 Å². The van der Waals surface area contributed by atoms with Gasteiger partial charge in [-0.1, -0.05) is 20.8 Å². The van der Waals surface area contributed by atoms with Crippen LogP contribution in [0.2, 0.25) is 18.1 Å². The Morgan fingerprint density at radius 1 is 1.13 bits per heavy atom. The molecule has 1 aliphatic heterocycles. The van der Waals surface area contributed by atoms with E-state index >= 15 is 0 Å². The van der Waals surface area contributed by atoms with Crippen molar-refractivity contribution in [3.05, 3.63) is 0 Å². The second-order valence-corrected chi connectivity index (χ2v) is 15.6. The third kappa shape index (κ3) is 8.44. The Hall–Kier alpha value is -1.61. The van der Waals surface area contributed by atoms with Crippen LogP contribution in [-0.2, 0) is 23.5 Å². The van der Waals surface area contributed by atoms with Gasteiger partial charge in [0.05, 0.1) is 25.0 Å². The molecule has 3 unspecified atom stereocenters. The quantitative estimate of drug-likeness (QED) is 0.423. The Morgan fingerprint density at radius 3 is 2.16 bits per heavy atom. The minimum atomic E-state index is -2.08. The predicted molar refractivity (Wildman–Crippen MR) is 120 cm³/mol. The highest BCUT2D eigenvalue weighted by Gasteiger charge is 2.45. The van der Waals surface area contributed by atoms with Crippen molar-refractivity contribution < 1.29 is 33.4 Å². The number of carbonyl (C=O) groups excluding carboxylic acids is 2. The van der Waals surface area contributed by atoms with E-state index in [2.05, 4.69) is 33.9 Å². The van der Waals surface area contributed by atoms with E-state index in [9.17, 15) is 19.5 Å². The van der Waals surface area contributed by atoms with E-state index in [1.165, 1.54) is 0 Å². The number of carbonyl (C=O) groups is 3. The number of likely N-dealkylation sites (tertiary alicyclic amines) is 1. The highest BCUT2D eigenvalue weighted by molar-refractivity contribution is 6.74. The van der Waals surface area contributed by atoms with Gasteiger partial charge in [-0.15, -0.1) is 0 Å². The molecule has 1 saturated heterocycles. The molecule has 1 heterocycles. The molecule has 31 heavy (non-hydrogen) atoms. The van der Waals surface area contributed by atoms with Gasteiger partial charge in [0.15, 0.2) is 8.32 Å². The number of esters is 1. The third-order valence-corrected chi connectivity index (χ3v) is 10.4.